The van der Waals surface area contributed by atoms with Gasteiger partial charge in [0.1, 0.15) is 5.69 Å². The monoisotopic (exact) mass is 455 g/mol. The first-order valence-electron chi connectivity index (χ1n) is 11.5. The molecule has 1 N–H and O–H groups in total. The molecule has 2 aromatic carbocycles. The molecule has 0 aliphatic rings. The van der Waals surface area contributed by atoms with Gasteiger partial charge in [0.2, 0.25) is 5.88 Å². The van der Waals surface area contributed by atoms with Gasteiger partial charge in [-0.2, -0.15) is 5.10 Å². The van der Waals surface area contributed by atoms with Gasteiger partial charge >= 0.3 is 0 Å². The molecule has 0 amide bonds. The number of aliphatic hydroxyl groups excluding tert-OH is 1. The molecule has 0 aliphatic carbocycles. The van der Waals surface area contributed by atoms with E-state index >= 15 is 0 Å². The van der Waals surface area contributed by atoms with Gasteiger partial charge in [-0.05, 0) is 18.6 Å². The fourth-order valence-corrected chi connectivity index (χ4v) is 3.79. The molecule has 178 valence electrons. The van der Waals surface area contributed by atoms with E-state index in [9.17, 15) is 9.50 Å². The van der Waals surface area contributed by atoms with E-state index in [1.54, 1.807) is 37.0 Å². The molecule has 1 atom stereocenters. The Morgan fingerprint density at radius 2 is 1.85 bits per heavy atom. The normalized spacial score (nSPS) is 12.3. The first-order valence-corrected chi connectivity index (χ1v) is 11.5. The predicted molar refractivity (Wildman–Crippen MR) is 128 cm³/mol. The Morgan fingerprint density at radius 1 is 1.12 bits per heavy atom. The molecule has 0 aliphatic heterocycles. The van der Waals surface area contributed by atoms with E-state index in [0.717, 1.165) is 36.1 Å². The molecule has 7 heteroatoms. The van der Waals surface area contributed by atoms with Crippen LogP contribution >= 0.6 is 0 Å². The molecule has 0 spiro atoms. The van der Waals surface area contributed by atoms with E-state index in [1.807, 2.05) is 30.3 Å². The Balaban J connectivity index is 1.97. The zero-order chi connectivity index (χ0) is 23.6. The minimum Gasteiger partial charge on any atom is -0.436 e. The van der Waals surface area contributed by atoms with E-state index < -0.39 is 11.9 Å². The maximum Gasteiger partial charge on any atom is 0.222 e. The van der Waals surface area contributed by atoms with Gasteiger partial charge in [-0.3, -0.25) is 4.90 Å². The highest BCUT2D eigenvalue weighted by Gasteiger charge is 2.24. The van der Waals surface area contributed by atoms with Crippen LogP contribution in [0.3, 0.4) is 0 Å². The summed E-state index contributed by atoms with van der Waals surface area (Å²) >= 11 is 0. The third kappa shape index (κ3) is 6.87. The molecule has 0 saturated carbocycles. The number of aliphatic hydroxyl groups is 1. The predicted octanol–water partition coefficient (Wildman–Crippen LogP) is 5.02. The van der Waals surface area contributed by atoms with E-state index in [1.165, 1.54) is 6.07 Å². The van der Waals surface area contributed by atoms with Crippen LogP contribution in [0.25, 0.3) is 11.3 Å². The number of benzene rings is 2. The maximum atomic E-state index is 14.4. The van der Waals surface area contributed by atoms with Crippen molar-refractivity contribution in [3.8, 4) is 22.9 Å². The maximum absolute atomic E-state index is 14.4. The number of ether oxygens (including phenoxy) is 2. The summed E-state index contributed by atoms with van der Waals surface area (Å²) in [6.45, 7) is 4.27. The minimum absolute atomic E-state index is 0.146. The second kappa shape index (κ2) is 12.5. The van der Waals surface area contributed by atoms with Crippen LogP contribution in [-0.4, -0.2) is 52.7 Å². The van der Waals surface area contributed by atoms with E-state index in [0.29, 0.717) is 32.1 Å². The zero-order valence-corrected chi connectivity index (χ0v) is 19.7. The first-order chi connectivity index (χ1) is 16.0. The lowest BCUT2D eigenvalue weighted by Crippen LogP contribution is -2.34. The summed E-state index contributed by atoms with van der Waals surface area (Å²) in [7, 11) is 3.46. The highest BCUT2D eigenvalue weighted by molar-refractivity contribution is 5.65. The average molecular weight is 456 g/mol. The van der Waals surface area contributed by atoms with Gasteiger partial charge in [0, 0.05) is 39.4 Å². The van der Waals surface area contributed by atoms with Crippen molar-refractivity contribution in [2.45, 2.75) is 38.8 Å². The number of hydrogen-bond acceptors (Lipinski definition) is 5. The van der Waals surface area contributed by atoms with Crippen molar-refractivity contribution in [3.63, 3.8) is 0 Å². The smallest absolute Gasteiger partial charge is 0.222 e. The second-order valence-corrected chi connectivity index (χ2v) is 8.18. The summed E-state index contributed by atoms with van der Waals surface area (Å²) in [6.07, 6.45) is 2.33. The topological polar surface area (TPSA) is 59.8 Å². The number of methoxy groups -OCH3 is 1. The highest BCUT2D eigenvalue weighted by Crippen LogP contribution is 2.35. The number of rotatable bonds is 13. The van der Waals surface area contributed by atoms with Crippen LogP contribution in [0.2, 0.25) is 0 Å². The van der Waals surface area contributed by atoms with E-state index in [4.69, 9.17) is 14.6 Å². The number of unbranched alkanes of at least 4 members (excludes halogenated alkanes) is 1. The molecule has 0 fully saturated rings. The second-order valence-electron chi connectivity index (χ2n) is 8.18. The van der Waals surface area contributed by atoms with Crippen molar-refractivity contribution in [2.24, 2.45) is 7.05 Å². The summed E-state index contributed by atoms with van der Waals surface area (Å²) in [5, 5.41) is 15.3. The van der Waals surface area contributed by atoms with Crippen LogP contribution in [0.1, 0.15) is 31.7 Å². The molecular formula is C26H34FN3O3. The van der Waals surface area contributed by atoms with Gasteiger partial charge in [0.15, 0.2) is 11.6 Å². The molecule has 0 saturated heterocycles. The van der Waals surface area contributed by atoms with Crippen molar-refractivity contribution >= 4 is 0 Å². The Labute approximate surface area is 195 Å². The number of para-hydroxylation sites is 1. The molecule has 3 rings (SSSR count). The van der Waals surface area contributed by atoms with Crippen molar-refractivity contribution in [3.05, 3.63) is 66.0 Å². The van der Waals surface area contributed by atoms with Crippen molar-refractivity contribution < 1.29 is 19.0 Å². The van der Waals surface area contributed by atoms with Crippen molar-refractivity contribution in [1.82, 2.24) is 14.7 Å². The molecule has 33 heavy (non-hydrogen) atoms. The number of aromatic nitrogens is 2. The standard InChI is InChI=1S/C26H34FN3O3/c1-4-5-13-21(31)18-30(16-17-32-3)19-22-25(20-11-7-6-8-12-20)28-29(2)26(22)33-24-15-10-9-14-23(24)27/h6-12,14-15,21,31H,4-5,13,16-19H2,1-3H3/t21-/m1/s1. The molecule has 1 aromatic heterocycles. The van der Waals surface area contributed by atoms with Gasteiger partial charge < -0.3 is 14.6 Å². The third-order valence-electron chi connectivity index (χ3n) is 5.53. The lowest BCUT2D eigenvalue weighted by Gasteiger charge is -2.25. The molecule has 0 bridgehead atoms. The largest absolute Gasteiger partial charge is 0.436 e. The van der Waals surface area contributed by atoms with Gasteiger partial charge in [0.25, 0.3) is 0 Å². The Hall–Kier alpha value is -2.74. The van der Waals surface area contributed by atoms with Crippen molar-refractivity contribution in [2.75, 3.05) is 26.8 Å². The van der Waals surface area contributed by atoms with Gasteiger partial charge in [-0.1, -0.05) is 62.2 Å². The Morgan fingerprint density at radius 3 is 2.55 bits per heavy atom. The van der Waals surface area contributed by atoms with Crippen LogP contribution in [0.15, 0.2) is 54.6 Å². The lowest BCUT2D eigenvalue weighted by molar-refractivity contribution is 0.0788. The molecule has 0 radical (unpaired) electrons. The molecule has 3 aromatic rings. The summed E-state index contributed by atoms with van der Waals surface area (Å²) in [6, 6.07) is 16.2. The summed E-state index contributed by atoms with van der Waals surface area (Å²) in [5.41, 5.74) is 2.56. The highest BCUT2D eigenvalue weighted by atomic mass is 19.1. The third-order valence-corrected chi connectivity index (χ3v) is 5.53. The number of nitrogens with zero attached hydrogens (tertiary/aromatic N) is 3. The SMILES string of the molecule is CCCC[C@@H](O)CN(CCOC)Cc1c(-c2ccccc2)nn(C)c1Oc1ccccc1F. The van der Waals surface area contributed by atoms with Crippen LogP contribution < -0.4 is 4.74 Å². The minimum atomic E-state index is -0.436. The number of aryl methyl sites for hydroxylation is 1. The number of halogens is 1. The summed E-state index contributed by atoms with van der Waals surface area (Å²) < 4.78 is 27.4. The summed E-state index contributed by atoms with van der Waals surface area (Å²) in [4.78, 5) is 2.14. The van der Waals surface area contributed by atoms with E-state index in [-0.39, 0.29) is 5.75 Å². The first kappa shape index (κ1) is 24.9. The van der Waals surface area contributed by atoms with Crippen LogP contribution in [-0.2, 0) is 18.3 Å². The average Bonchev–Trinajstić information content (AvgIpc) is 3.13. The molecule has 1 heterocycles. The molecule has 0 unspecified atom stereocenters. The zero-order valence-electron chi connectivity index (χ0n) is 19.7. The van der Waals surface area contributed by atoms with Crippen LogP contribution in [0.4, 0.5) is 4.39 Å². The fourth-order valence-electron chi connectivity index (χ4n) is 3.79. The molecular weight excluding hydrogens is 421 g/mol. The van der Waals surface area contributed by atoms with E-state index in [2.05, 4.69) is 11.8 Å². The molecule has 6 nitrogen and oxygen atoms in total. The van der Waals surface area contributed by atoms with Crippen LogP contribution in [0.5, 0.6) is 11.6 Å². The Bertz CT molecular complexity index is 994. The number of hydrogen-bond donors (Lipinski definition) is 1. The van der Waals surface area contributed by atoms with Gasteiger partial charge in [-0.15, -0.1) is 0 Å². The van der Waals surface area contributed by atoms with Crippen LogP contribution in [0, 0.1) is 5.82 Å². The fraction of sp³-hybridized carbons (Fsp3) is 0.423. The van der Waals surface area contributed by atoms with Gasteiger partial charge in [0.05, 0.1) is 18.3 Å². The van der Waals surface area contributed by atoms with Gasteiger partial charge in [-0.25, -0.2) is 9.07 Å². The Kier molecular flexibility index (Phi) is 9.42. The quantitative estimate of drug-likeness (QED) is 0.392. The van der Waals surface area contributed by atoms with Crippen molar-refractivity contribution in [1.29, 1.82) is 0 Å². The lowest BCUT2D eigenvalue weighted by atomic mass is 10.1. The summed E-state index contributed by atoms with van der Waals surface area (Å²) in [5.74, 6) is 0.189.